The first-order chi connectivity index (χ1) is 27.0. The zero-order valence-corrected chi connectivity index (χ0v) is 30.9. The fourth-order valence-electron chi connectivity index (χ4n) is 9.52. The Hall–Kier alpha value is -6.70. The third-order valence-electron chi connectivity index (χ3n) is 12.2. The summed E-state index contributed by atoms with van der Waals surface area (Å²) in [6, 6.07) is 69.0. The van der Waals surface area contributed by atoms with Crippen molar-refractivity contribution in [1.29, 1.82) is 0 Å². The molecular formula is C54H38O. The van der Waals surface area contributed by atoms with Crippen molar-refractivity contribution >= 4 is 43.5 Å². The molecule has 9 aromatic carbocycles. The van der Waals surface area contributed by atoms with E-state index in [2.05, 4.69) is 202 Å². The van der Waals surface area contributed by atoms with Crippen molar-refractivity contribution in [2.45, 2.75) is 25.2 Å². The quantitative estimate of drug-likeness (QED) is 0.163. The summed E-state index contributed by atoms with van der Waals surface area (Å²) in [5, 5.41) is 7.18. The minimum atomic E-state index is -0.103. The van der Waals surface area contributed by atoms with E-state index in [1.807, 2.05) is 0 Å². The number of rotatable bonds is 5. The molecule has 1 aromatic heterocycles. The van der Waals surface area contributed by atoms with Gasteiger partial charge in [-0.05, 0) is 83.7 Å². The van der Waals surface area contributed by atoms with E-state index in [4.69, 9.17) is 4.42 Å². The van der Waals surface area contributed by atoms with E-state index in [0.717, 1.165) is 33.1 Å². The van der Waals surface area contributed by atoms with Gasteiger partial charge < -0.3 is 4.42 Å². The molecule has 1 heteroatoms. The Balaban J connectivity index is 1.17. The molecule has 55 heavy (non-hydrogen) atoms. The highest BCUT2D eigenvalue weighted by atomic mass is 16.3. The molecule has 0 amide bonds. The van der Waals surface area contributed by atoms with Crippen LogP contribution in [0.3, 0.4) is 0 Å². The Morgan fingerprint density at radius 3 is 1.87 bits per heavy atom. The van der Waals surface area contributed by atoms with Crippen LogP contribution in [0.15, 0.2) is 192 Å². The van der Waals surface area contributed by atoms with E-state index in [1.54, 1.807) is 0 Å². The maximum Gasteiger partial charge on any atom is 0.143 e. The van der Waals surface area contributed by atoms with Gasteiger partial charge in [0.1, 0.15) is 11.2 Å². The summed E-state index contributed by atoms with van der Waals surface area (Å²) in [6.45, 7) is 4.71. The second kappa shape index (κ2) is 12.2. The first-order valence-corrected chi connectivity index (χ1v) is 19.3. The number of hydrogen-bond acceptors (Lipinski definition) is 1. The molecule has 0 N–H and O–H groups in total. The van der Waals surface area contributed by atoms with E-state index in [9.17, 15) is 0 Å². The van der Waals surface area contributed by atoms with Gasteiger partial charge in [0, 0.05) is 33.2 Å². The third-order valence-corrected chi connectivity index (χ3v) is 12.2. The highest BCUT2D eigenvalue weighted by Crippen LogP contribution is 2.51. The summed E-state index contributed by atoms with van der Waals surface area (Å²) in [7, 11) is 0. The Bertz CT molecular complexity index is 3100. The average Bonchev–Trinajstić information content (AvgIpc) is 3.72. The van der Waals surface area contributed by atoms with Crippen molar-refractivity contribution in [3.8, 4) is 33.4 Å². The fraction of sp³-hybridized carbons (Fsp3) is 0.0741. The standard InChI is InChI=1S/C54H38O/c1-54(2)48-25-11-10-21-42(48)43-31-30-39(33-49(43)54)51-41-20-9-7-17-38(41)32-47-45-23-13-24-46(52(45)55-53(47)51)50(44-22-12-18-36-16-6-8-19-40(36)44)37-28-26-35(27-29-37)34-14-4-3-5-15-34/h3-33,50H,1-2H3. The normalized spacial score (nSPS) is 13.7. The van der Waals surface area contributed by atoms with Crippen molar-refractivity contribution in [2.24, 2.45) is 0 Å². The molecule has 11 rings (SSSR count). The molecule has 0 spiro atoms. The van der Waals surface area contributed by atoms with Crippen LogP contribution >= 0.6 is 0 Å². The zero-order valence-electron chi connectivity index (χ0n) is 30.9. The molecule has 1 aliphatic rings. The lowest BCUT2D eigenvalue weighted by atomic mass is 9.81. The number of para-hydroxylation sites is 1. The van der Waals surface area contributed by atoms with Crippen LogP contribution < -0.4 is 0 Å². The van der Waals surface area contributed by atoms with Gasteiger partial charge in [-0.3, -0.25) is 0 Å². The molecule has 1 aliphatic carbocycles. The molecule has 260 valence electrons. The number of hydrogen-bond donors (Lipinski definition) is 0. The second-order valence-electron chi connectivity index (χ2n) is 15.6. The van der Waals surface area contributed by atoms with Gasteiger partial charge in [0.2, 0.25) is 0 Å². The number of benzene rings is 9. The highest BCUT2D eigenvalue weighted by molar-refractivity contribution is 6.19. The first-order valence-electron chi connectivity index (χ1n) is 19.3. The predicted octanol–water partition coefficient (Wildman–Crippen LogP) is 14.7. The van der Waals surface area contributed by atoms with E-state index in [-0.39, 0.29) is 11.3 Å². The molecule has 1 atom stereocenters. The Kier molecular flexibility index (Phi) is 7.03. The predicted molar refractivity (Wildman–Crippen MR) is 231 cm³/mol. The molecular weight excluding hydrogens is 665 g/mol. The van der Waals surface area contributed by atoms with Gasteiger partial charge in [-0.2, -0.15) is 0 Å². The van der Waals surface area contributed by atoms with Crippen molar-refractivity contribution in [3.05, 3.63) is 216 Å². The molecule has 0 fully saturated rings. The first kappa shape index (κ1) is 31.8. The maximum atomic E-state index is 7.34. The summed E-state index contributed by atoms with van der Waals surface area (Å²) >= 11 is 0. The smallest absolute Gasteiger partial charge is 0.143 e. The van der Waals surface area contributed by atoms with Crippen LogP contribution in [-0.2, 0) is 5.41 Å². The van der Waals surface area contributed by atoms with Crippen LogP contribution in [0.4, 0.5) is 0 Å². The van der Waals surface area contributed by atoms with Gasteiger partial charge in [-0.25, -0.2) is 0 Å². The van der Waals surface area contributed by atoms with Crippen LogP contribution in [0.2, 0.25) is 0 Å². The monoisotopic (exact) mass is 702 g/mol. The van der Waals surface area contributed by atoms with Crippen LogP contribution in [-0.4, -0.2) is 0 Å². The van der Waals surface area contributed by atoms with Crippen LogP contribution in [0.1, 0.15) is 47.6 Å². The fourth-order valence-corrected chi connectivity index (χ4v) is 9.52. The van der Waals surface area contributed by atoms with Crippen LogP contribution in [0.25, 0.3) is 76.9 Å². The van der Waals surface area contributed by atoms with Crippen LogP contribution in [0, 0.1) is 0 Å². The molecule has 0 saturated carbocycles. The second-order valence-corrected chi connectivity index (χ2v) is 15.6. The summed E-state index contributed by atoms with van der Waals surface area (Å²) in [5.74, 6) is -0.0580. The lowest BCUT2D eigenvalue weighted by Gasteiger charge is -2.22. The largest absolute Gasteiger partial charge is 0.455 e. The molecule has 0 bridgehead atoms. The molecule has 1 heterocycles. The van der Waals surface area contributed by atoms with Gasteiger partial charge >= 0.3 is 0 Å². The SMILES string of the molecule is CC1(C)c2ccccc2-c2ccc(-c3c4ccccc4cc4c3oc3c(C(c5ccc(-c6ccccc6)cc5)c5cccc6ccccc56)cccc34)cc21. The van der Waals surface area contributed by atoms with E-state index in [0.29, 0.717) is 0 Å². The van der Waals surface area contributed by atoms with Crippen LogP contribution in [0.5, 0.6) is 0 Å². The van der Waals surface area contributed by atoms with Gasteiger partial charge in [-0.15, -0.1) is 0 Å². The Labute approximate surface area is 321 Å². The van der Waals surface area contributed by atoms with E-state index >= 15 is 0 Å². The zero-order chi connectivity index (χ0) is 36.7. The molecule has 1 nitrogen and oxygen atoms in total. The van der Waals surface area contributed by atoms with Crippen molar-refractivity contribution < 1.29 is 4.42 Å². The molecule has 10 aromatic rings. The van der Waals surface area contributed by atoms with Crippen molar-refractivity contribution in [2.75, 3.05) is 0 Å². The lowest BCUT2D eigenvalue weighted by Crippen LogP contribution is -2.14. The number of fused-ring (bicyclic) bond motifs is 8. The lowest BCUT2D eigenvalue weighted by molar-refractivity contribution is 0.659. The topological polar surface area (TPSA) is 13.1 Å². The van der Waals surface area contributed by atoms with Crippen molar-refractivity contribution in [3.63, 3.8) is 0 Å². The van der Waals surface area contributed by atoms with E-state index < -0.39 is 0 Å². The summed E-state index contributed by atoms with van der Waals surface area (Å²) in [6.07, 6.45) is 0. The van der Waals surface area contributed by atoms with Gasteiger partial charge in [0.05, 0.1) is 0 Å². The summed E-state index contributed by atoms with van der Waals surface area (Å²) < 4.78 is 7.34. The van der Waals surface area contributed by atoms with Crippen molar-refractivity contribution in [1.82, 2.24) is 0 Å². The van der Waals surface area contributed by atoms with Gasteiger partial charge in [-0.1, -0.05) is 190 Å². The minimum absolute atomic E-state index is 0.0580. The average molecular weight is 703 g/mol. The maximum absolute atomic E-state index is 7.34. The van der Waals surface area contributed by atoms with Gasteiger partial charge in [0.15, 0.2) is 0 Å². The molecule has 0 aliphatic heterocycles. The third kappa shape index (κ3) is 4.86. The molecule has 0 radical (unpaired) electrons. The molecule has 1 unspecified atom stereocenters. The molecule has 0 saturated heterocycles. The van der Waals surface area contributed by atoms with E-state index in [1.165, 1.54) is 71.6 Å². The van der Waals surface area contributed by atoms with Gasteiger partial charge in [0.25, 0.3) is 0 Å². The Morgan fingerprint density at radius 1 is 0.400 bits per heavy atom. The highest BCUT2D eigenvalue weighted by Gasteiger charge is 2.35. The minimum Gasteiger partial charge on any atom is -0.455 e. The number of furan rings is 1. The summed E-state index contributed by atoms with van der Waals surface area (Å²) in [5.41, 5.74) is 15.6. The summed E-state index contributed by atoms with van der Waals surface area (Å²) in [4.78, 5) is 0. The Morgan fingerprint density at radius 2 is 1.02 bits per heavy atom.